The van der Waals surface area contributed by atoms with E-state index in [2.05, 4.69) is 25.8 Å². The molecule has 0 aliphatic heterocycles. The highest BCUT2D eigenvalue weighted by molar-refractivity contribution is 7.99. The number of anilines is 3. The first kappa shape index (κ1) is 19.6. The van der Waals surface area contributed by atoms with Gasteiger partial charge >= 0.3 is 0 Å². The average molecular weight is 420 g/mol. The summed E-state index contributed by atoms with van der Waals surface area (Å²) in [4.78, 5) is 18.0. The zero-order valence-electron chi connectivity index (χ0n) is 15.9. The number of carbonyl (C=O) groups is 1. The first-order valence-corrected chi connectivity index (χ1v) is 9.81. The number of amides is 1. The van der Waals surface area contributed by atoms with Crippen molar-refractivity contribution < 1.29 is 9.18 Å². The first-order valence-electron chi connectivity index (χ1n) is 8.99. The fourth-order valence-corrected chi connectivity index (χ4v) is 3.43. The van der Waals surface area contributed by atoms with E-state index in [-0.39, 0.29) is 11.7 Å². The fraction of sp³-hybridized carbons (Fsp3) is 0.0476. The number of nitrogens with zero attached hydrogens (tertiary/aromatic N) is 4. The van der Waals surface area contributed by atoms with Crippen LogP contribution in [0.25, 0.3) is 0 Å². The summed E-state index contributed by atoms with van der Waals surface area (Å²) in [5, 5.41) is 14.5. The van der Waals surface area contributed by atoms with Gasteiger partial charge in [0.15, 0.2) is 5.16 Å². The van der Waals surface area contributed by atoms with Gasteiger partial charge in [-0.2, -0.15) is 0 Å². The van der Waals surface area contributed by atoms with Crippen LogP contribution in [-0.2, 0) is 7.05 Å². The third-order valence-electron chi connectivity index (χ3n) is 4.13. The van der Waals surface area contributed by atoms with Crippen molar-refractivity contribution >= 4 is 34.9 Å². The van der Waals surface area contributed by atoms with Crippen molar-refractivity contribution in [3.8, 4) is 0 Å². The maximum Gasteiger partial charge on any atom is 0.259 e. The van der Waals surface area contributed by atoms with Gasteiger partial charge in [0.25, 0.3) is 5.91 Å². The molecule has 0 bridgehead atoms. The SMILES string of the molecule is Cn1cnnc1Sc1ccc(NC(=O)c2cccnc2Nc2cccc(F)c2)cc1. The zero-order valence-corrected chi connectivity index (χ0v) is 16.7. The Morgan fingerprint density at radius 3 is 2.63 bits per heavy atom. The van der Waals surface area contributed by atoms with Crippen molar-refractivity contribution in [1.82, 2.24) is 19.7 Å². The average Bonchev–Trinajstić information content (AvgIpc) is 3.14. The molecule has 0 fully saturated rings. The Kier molecular flexibility index (Phi) is 5.71. The molecule has 0 spiro atoms. The summed E-state index contributed by atoms with van der Waals surface area (Å²) in [7, 11) is 1.88. The van der Waals surface area contributed by atoms with Crippen LogP contribution >= 0.6 is 11.8 Å². The molecule has 2 aromatic heterocycles. The van der Waals surface area contributed by atoms with Crippen molar-refractivity contribution in [3.05, 3.63) is 84.6 Å². The zero-order chi connectivity index (χ0) is 20.9. The Balaban J connectivity index is 1.47. The van der Waals surface area contributed by atoms with E-state index in [1.165, 1.54) is 23.9 Å². The molecule has 0 aliphatic rings. The molecule has 150 valence electrons. The number of nitrogens with one attached hydrogen (secondary N) is 2. The second-order valence-corrected chi connectivity index (χ2v) is 7.38. The molecule has 2 aromatic carbocycles. The van der Waals surface area contributed by atoms with Crippen molar-refractivity contribution in [3.63, 3.8) is 0 Å². The number of benzene rings is 2. The van der Waals surface area contributed by atoms with E-state index in [1.807, 2.05) is 35.9 Å². The van der Waals surface area contributed by atoms with Crippen molar-refractivity contribution in [2.45, 2.75) is 10.1 Å². The minimum Gasteiger partial charge on any atom is -0.339 e. The van der Waals surface area contributed by atoms with Gasteiger partial charge in [-0.25, -0.2) is 9.37 Å². The summed E-state index contributed by atoms with van der Waals surface area (Å²) in [6, 6.07) is 16.7. The molecular weight excluding hydrogens is 403 g/mol. The summed E-state index contributed by atoms with van der Waals surface area (Å²) in [6.45, 7) is 0. The Bertz CT molecular complexity index is 1180. The quantitative estimate of drug-likeness (QED) is 0.478. The van der Waals surface area contributed by atoms with Crippen LogP contribution in [0.4, 0.5) is 21.6 Å². The van der Waals surface area contributed by atoms with E-state index in [9.17, 15) is 9.18 Å². The van der Waals surface area contributed by atoms with E-state index in [0.717, 1.165) is 10.1 Å². The van der Waals surface area contributed by atoms with E-state index in [1.54, 1.807) is 36.8 Å². The Morgan fingerprint density at radius 2 is 1.90 bits per heavy atom. The molecule has 4 rings (SSSR count). The van der Waals surface area contributed by atoms with E-state index in [0.29, 0.717) is 22.8 Å². The number of hydrogen-bond acceptors (Lipinski definition) is 6. The number of halogens is 1. The molecule has 0 atom stereocenters. The molecular formula is C21H17FN6OS. The molecule has 0 unspecified atom stereocenters. The molecule has 0 radical (unpaired) electrons. The van der Waals surface area contributed by atoms with Crippen molar-refractivity contribution in [1.29, 1.82) is 0 Å². The van der Waals surface area contributed by atoms with Gasteiger partial charge in [-0.15, -0.1) is 10.2 Å². The normalized spacial score (nSPS) is 10.6. The number of carbonyl (C=O) groups excluding carboxylic acids is 1. The standard InChI is InChI=1S/C21H17FN6OS/c1-28-13-24-27-21(28)30-17-9-7-15(8-10-17)26-20(29)18-6-3-11-23-19(18)25-16-5-2-4-14(22)12-16/h2-13H,1H3,(H,23,25)(H,26,29). The van der Waals surface area contributed by atoms with Crippen molar-refractivity contribution in [2.24, 2.45) is 7.05 Å². The number of rotatable bonds is 6. The summed E-state index contributed by atoms with van der Waals surface area (Å²) in [5.41, 5.74) is 1.50. The topological polar surface area (TPSA) is 84.7 Å². The fourth-order valence-electron chi connectivity index (χ4n) is 2.67. The van der Waals surface area contributed by atoms with E-state index >= 15 is 0 Å². The van der Waals surface area contributed by atoms with Gasteiger partial charge in [-0.05, 0) is 66.4 Å². The van der Waals surface area contributed by atoms with Crippen LogP contribution in [0.15, 0.2) is 83.2 Å². The largest absolute Gasteiger partial charge is 0.339 e. The van der Waals surface area contributed by atoms with E-state index < -0.39 is 0 Å². The van der Waals surface area contributed by atoms with Gasteiger partial charge in [0.2, 0.25) is 0 Å². The van der Waals surface area contributed by atoms with Crippen LogP contribution in [0.5, 0.6) is 0 Å². The minimum absolute atomic E-state index is 0.323. The maximum atomic E-state index is 13.4. The lowest BCUT2D eigenvalue weighted by Crippen LogP contribution is -2.14. The predicted octanol–water partition coefficient (Wildman–Crippen LogP) is 4.50. The molecule has 2 heterocycles. The third kappa shape index (κ3) is 4.64. The lowest BCUT2D eigenvalue weighted by molar-refractivity contribution is 0.102. The molecule has 7 nitrogen and oxygen atoms in total. The Labute approximate surface area is 176 Å². The maximum absolute atomic E-state index is 13.4. The summed E-state index contributed by atoms with van der Waals surface area (Å²) < 4.78 is 15.3. The summed E-state index contributed by atoms with van der Waals surface area (Å²) >= 11 is 1.48. The monoisotopic (exact) mass is 420 g/mol. The lowest BCUT2D eigenvalue weighted by Gasteiger charge is -2.11. The van der Waals surface area contributed by atoms with Gasteiger partial charge in [0, 0.05) is 29.5 Å². The molecule has 9 heteroatoms. The highest BCUT2D eigenvalue weighted by atomic mass is 32.2. The summed E-state index contributed by atoms with van der Waals surface area (Å²) in [6.07, 6.45) is 3.21. The minimum atomic E-state index is -0.374. The number of hydrogen-bond donors (Lipinski definition) is 2. The van der Waals surface area contributed by atoms with Crippen LogP contribution in [0.2, 0.25) is 0 Å². The highest BCUT2D eigenvalue weighted by Crippen LogP contribution is 2.27. The van der Waals surface area contributed by atoms with Crippen LogP contribution in [0, 0.1) is 5.82 Å². The predicted molar refractivity (Wildman–Crippen MR) is 113 cm³/mol. The van der Waals surface area contributed by atoms with Gasteiger partial charge in [0.05, 0.1) is 5.56 Å². The molecule has 2 N–H and O–H groups in total. The third-order valence-corrected chi connectivity index (χ3v) is 5.19. The highest BCUT2D eigenvalue weighted by Gasteiger charge is 2.13. The van der Waals surface area contributed by atoms with Crippen molar-refractivity contribution in [2.75, 3.05) is 10.6 Å². The number of aryl methyl sites for hydroxylation is 1. The van der Waals surface area contributed by atoms with Crippen LogP contribution in [0.1, 0.15) is 10.4 Å². The van der Waals surface area contributed by atoms with E-state index in [4.69, 9.17) is 0 Å². The molecule has 4 aromatic rings. The molecule has 30 heavy (non-hydrogen) atoms. The Hall–Kier alpha value is -3.72. The second kappa shape index (κ2) is 8.75. The van der Waals surface area contributed by atoms with Crippen LogP contribution in [0.3, 0.4) is 0 Å². The van der Waals surface area contributed by atoms with Crippen LogP contribution in [-0.4, -0.2) is 25.7 Å². The molecule has 1 amide bonds. The Morgan fingerprint density at radius 1 is 1.07 bits per heavy atom. The van der Waals surface area contributed by atoms with Gasteiger partial charge in [-0.3, -0.25) is 4.79 Å². The first-order chi connectivity index (χ1) is 14.6. The smallest absolute Gasteiger partial charge is 0.259 e. The summed E-state index contributed by atoms with van der Waals surface area (Å²) in [5.74, 6) is -0.355. The molecule has 0 aliphatic carbocycles. The lowest BCUT2D eigenvalue weighted by atomic mass is 10.2. The number of aromatic nitrogens is 4. The van der Waals surface area contributed by atoms with Gasteiger partial charge in [0.1, 0.15) is 18.0 Å². The van der Waals surface area contributed by atoms with Gasteiger partial charge in [-0.1, -0.05) is 6.07 Å². The second-order valence-electron chi connectivity index (χ2n) is 6.34. The van der Waals surface area contributed by atoms with Gasteiger partial charge < -0.3 is 15.2 Å². The molecule has 0 saturated heterocycles. The number of pyridine rings is 1. The molecule has 0 saturated carbocycles. The van der Waals surface area contributed by atoms with Crippen LogP contribution < -0.4 is 10.6 Å².